The fourth-order valence-corrected chi connectivity index (χ4v) is 4.94. The monoisotopic (exact) mass is 588 g/mol. The number of hydrogen-bond acceptors (Lipinski definition) is 10. The number of imidazole rings is 1. The number of hydrogen-bond donors (Lipinski definition) is 3. The van der Waals surface area contributed by atoms with Gasteiger partial charge >= 0.3 is 12.1 Å². The van der Waals surface area contributed by atoms with E-state index in [0.717, 1.165) is 0 Å². The Balaban J connectivity index is 1.42. The Morgan fingerprint density at radius 1 is 1.20 bits per heavy atom. The lowest BCUT2D eigenvalue weighted by Gasteiger charge is -2.42. The predicted octanol–water partition coefficient (Wildman–Crippen LogP) is 2.19. The minimum Gasteiger partial charge on any atom is -0.481 e. The molecule has 0 aromatic carbocycles. The molecular formula is C23H25F5N8O5. The first-order valence-electron chi connectivity index (χ1n) is 12.6. The number of rotatable bonds is 9. The molecule has 18 heteroatoms. The summed E-state index contributed by atoms with van der Waals surface area (Å²) in [6.45, 7) is 0.417. The molecule has 0 spiro atoms. The lowest BCUT2D eigenvalue weighted by molar-refractivity contribution is -0.195. The summed E-state index contributed by atoms with van der Waals surface area (Å²) in [5.41, 5.74) is -0.637. The van der Waals surface area contributed by atoms with Gasteiger partial charge in [-0.2, -0.15) is 18.3 Å². The van der Waals surface area contributed by atoms with Crippen molar-refractivity contribution in [3.05, 3.63) is 35.2 Å². The smallest absolute Gasteiger partial charge is 0.403 e. The van der Waals surface area contributed by atoms with Gasteiger partial charge in [0.2, 0.25) is 5.92 Å². The summed E-state index contributed by atoms with van der Waals surface area (Å²) in [6, 6.07) is -0.830. The number of nitrogens with one attached hydrogen (secondary N) is 2. The molecule has 2 aliphatic rings. The van der Waals surface area contributed by atoms with E-state index in [2.05, 4.69) is 40.6 Å². The molecule has 3 aromatic rings. The lowest BCUT2D eigenvalue weighted by atomic mass is 9.81. The Labute approximate surface area is 227 Å². The molecule has 1 amide bonds. The number of fused-ring (bicyclic) bond motifs is 1. The van der Waals surface area contributed by atoms with Crippen LogP contribution in [0.5, 0.6) is 0 Å². The van der Waals surface area contributed by atoms with Crippen LogP contribution in [0.3, 0.4) is 0 Å². The Bertz CT molecular complexity index is 1430. The maximum absolute atomic E-state index is 13.9. The van der Waals surface area contributed by atoms with Gasteiger partial charge in [-0.15, -0.1) is 0 Å². The summed E-state index contributed by atoms with van der Waals surface area (Å²) in [5.74, 6) is -8.51. The summed E-state index contributed by atoms with van der Waals surface area (Å²) in [5, 5.41) is 25.8. The van der Waals surface area contributed by atoms with Crippen LogP contribution in [0.4, 0.5) is 22.0 Å². The van der Waals surface area contributed by atoms with Gasteiger partial charge in [0.25, 0.3) is 11.7 Å². The minimum atomic E-state index is -4.97. The van der Waals surface area contributed by atoms with E-state index in [0.29, 0.717) is 0 Å². The van der Waals surface area contributed by atoms with Gasteiger partial charge < -0.3 is 20.5 Å². The number of carboxylic acids is 1. The van der Waals surface area contributed by atoms with Crippen LogP contribution in [0.15, 0.2) is 17.0 Å². The molecule has 4 heterocycles. The predicted molar refractivity (Wildman–Crippen MR) is 125 cm³/mol. The van der Waals surface area contributed by atoms with Crippen LogP contribution >= 0.6 is 0 Å². The standard InChI is InChI=1S/C23H25F5N8O5/c1-11-16(35-41-34-11)18(37)33-17(12-2-4-22(24,25)5-3-12)14-8-36-20(31-14)32-15(7-30-36)21(9-40-10-21)29-6-13(19(38)39)23(26,27)28/h7-8,12-13,17,29H,2-6,9-10H2,1H3,(H,33,37)(H,38,39). The lowest BCUT2D eigenvalue weighted by Crippen LogP contribution is -2.60. The van der Waals surface area contributed by atoms with Crippen molar-refractivity contribution >= 4 is 17.7 Å². The second-order valence-electron chi connectivity index (χ2n) is 10.3. The summed E-state index contributed by atoms with van der Waals surface area (Å²) in [4.78, 5) is 33.0. The zero-order chi connectivity index (χ0) is 29.6. The second-order valence-corrected chi connectivity index (χ2v) is 10.3. The minimum absolute atomic E-state index is 0.0239. The van der Waals surface area contributed by atoms with Crippen molar-refractivity contribution in [2.24, 2.45) is 11.8 Å². The number of aliphatic carboxylic acids is 1. The fourth-order valence-electron chi connectivity index (χ4n) is 4.94. The molecule has 3 N–H and O–H groups in total. The van der Waals surface area contributed by atoms with Gasteiger partial charge in [0.15, 0.2) is 11.6 Å². The fraction of sp³-hybridized carbons (Fsp3) is 0.609. The van der Waals surface area contributed by atoms with E-state index in [-0.39, 0.29) is 67.5 Å². The number of halogens is 5. The van der Waals surface area contributed by atoms with Crippen LogP contribution in [-0.4, -0.2) is 78.7 Å². The summed E-state index contributed by atoms with van der Waals surface area (Å²) in [6.07, 6.45) is -2.75. The summed E-state index contributed by atoms with van der Waals surface area (Å²) < 4.78 is 78.4. The normalized spacial score (nSPS) is 20.3. The first kappa shape index (κ1) is 28.7. The molecule has 2 unspecified atom stereocenters. The molecule has 0 bridgehead atoms. The highest BCUT2D eigenvalue weighted by molar-refractivity contribution is 5.93. The van der Waals surface area contributed by atoms with Crippen molar-refractivity contribution in [1.82, 2.24) is 40.5 Å². The van der Waals surface area contributed by atoms with E-state index in [1.54, 1.807) is 0 Å². The van der Waals surface area contributed by atoms with Gasteiger partial charge in [0.1, 0.15) is 11.2 Å². The van der Waals surface area contributed by atoms with Crippen molar-refractivity contribution in [2.45, 2.75) is 56.3 Å². The Kier molecular flexibility index (Phi) is 7.39. The highest BCUT2D eigenvalue weighted by Crippen LogP contribution is 2.41. The molecule has 1 saturated carbocycles. The van der Waals surface area contributed by atoms with E-state index < -0.39 is 53.9 Å². The average Bonchev–Trinajstić information content (AvgIpc) is 3.49. The van der Waals surface area contributed by atoms with Crippen molar-refractivity contribution in [1.29, 1.82) is 0 Å². The summed E-state index contributed by atoms with van der Waals surface area (Å²) in [7, 11) is 0. The zero-order valence-electron chi connectivity index (χ0n) is 21.5. The van der Waals surface area contributed by atoms with Crippen LogP contribution in [0.1, 0.15) is 59.3 Å². The molecule has 5 rings (SSSR count). The van der Waals surface area contributed by atoms with Crippen molar-refractivity contribution in [3.8, 4) is 0 Å². The third kappa shape index (κ3) is 5.83. The third-order valence-electron chi connectivity index (χ3n) is 7.44. The zero-order valence-corrected chi connectivity index (χ0v) is 21.5. The Morgan fingerprint density at radius 2 is 1.90 bits per heavy atom. The van der Waals surface area contributed by atoms with Gasteiger partial charge in [-0.1, -0.05) is 5.16 Å². The van der Waals surface area contributed by atoms with Gasteiger partial charge in [0.05, 0.1) is 43.0 Å². The molecule has 1 saturated heterocycles. The number of alkyl halides is 5. The number of nitrogens with zero attached hydrogens (tertiary/aromatic N) is 6. The largest absolute Gasteiger partial charge is 0.481 e. The third-order valence-corrected chi connectivity index (χ3v) is 7.44. The number of carbonyl (C=O) groups is 2. The van der Waals surface area contributed by atoms with Gasteiger partial charge in [-0.05, 0) is 30.8 Å². The van der Waals surface area contributed by atoms with Gasteiger partial charge in [-0.3, -0.25) is 9.59 Å². The van der Waals surface area contributed by atoms with Crippen molar-refractivity contribution < 1.29 is 46.0 Å². The van der Waals surface area contributed by atoms with E-state index >= 15 is 0 Å². The molecule has 1 aliphatic carbocycles. The van der Waals surface area contributed by atoms with Crippen LogP contribution < -0.4 is 10.6 Å². The number of aromatic nitrogens is 6. The number of carboxylic acid groups (broad SMARTS) is 1. The Hall–Kier alpha value is -3.80. The van der Waals surface area contributed by atoms with E-state index in [4.69, 9.17) is 9.84 Å². The number of ether oxygens (including phenoxy) is 1. The SMILES string of the molecule is Cc1nonc1C(=O)NC(c1cn2ncc(C3(NCC(C(=O)O)C(F)(F)F)COC3)nc2n1)C1CCC(F)(F)CC1. The number of carbonyl (C=O) groups excluding carboxylic acids is 1. The van der Waals surface area contributed by atoms with Gasteiger partial charge in [0, 0.05) is 19.4 Å². The van der Waals surface area contributed by atoms with Crippen LogP contribution in [0.25, 0.3) is 5.78 Å². The number of aryl methyl sites for hydroxylation is 1. The molecule has 222 valence electrons. The van der Waals surface area contributed by atoms with Crippen LogP contribution in [0, 0.1) is 18.8 Å². The van der Waals surface area contributed by atoms with E-state index in [1.807, 2.05) is 0 Å². The van der Waals surface area contributed by atoms with Crippen LogP contribution in [-0.2, 0) is 15.1 Å². The number of amides is 1. The quantitative estimate of drug-likeness (QED) is 0.313. The Morgan fingerprint density at radius 3 is 2.46 bits per heavy atom. The van der Waals surface area contributed by atoms with Crippen molar-refractivity contribution in [2.75, 3.05) is 19.8 Å². The molecule has 41 heavy (non-hydrogen) atoms. The maximum Gasteiger partial charge on any atom is 0.403 e. The topological polar surface area (TPSA) is 170 Å². The van der Waals surface area contributed by atoms with E-state index in [1.165, 1.54) is 23.8 Å². The molecule has 2 atom stereocenters. The highest BCUT2D eigenvalue weighted by Gasteiger charge is 2.49. The molecule has 2 fully saturated rings. The second kappa shape index (κ2) is 10.6. The van der Waals surface area contributed by atoms with Crippen LogP contribution in [0.2, 0.25) is 0 Å². The first-order valence-corrected chi connectivity index (χ1v) is 12.6. The maximum atomic E-state index is 13.9. The molecule has 13 nitrogen and oxygen atoms in total. The van der Waals surface area contributed by atoms with Gasteiger partial charge in [-0.25, -0.2) is 27.9 Å². The van der Waals surface area contributed by atoms with E-state index in [9.17, 15) is 31.5 Å². The molecule has 3 aromatic heterocycles. The summed E-state index contributed by atoms with van der Waals surface area (Å²) >= 11 is 0. The molecule has 0 radical (unpaired) electrons. The highest BCUT2D eigenvalue weighted by atomic mass is 19.4. The molecule has 1 aliphatic heterocycles. The first-order chi connectivity index (χ1) is 19.3. The average molecular weight is 588 g/mol. The molecular weight excluding hydrogens is 563 g/mol. The van der Waals surface area contributed by atoms with Crippen molar-refractivity contribution in [3.63, 3.8) is 0 Å².